The number of carbonyl (C=O) groups excluding carboxylic acids is 1. The summed E-state index contributed by atoms with van der Waals surface area (Å²) in [5.41, 5.74) is 4.81. The summed E-state index contributed by atoms with van der Waals surface area (Å²) in [6.45, 7) is 7.02. The second-order valence-electron chi connectivity index (χ2n) is 9.04. The van der Waals surface area contributed by atoms with E-state index in [1.54, 1.807) is 6.07 Å². The number of aromatic hydroxyl groups is 1. The number of amides is 1. The minimum atomic E-state index is 0.0747. The maximum Gasteiger partial charge on any atom is 0.253 e. The molecule has 2 aliphatic heterocycles. The number of phenols is 1. The Morgan fingerprint density at radius 1 is 0.941 bits per heavy atom. The van der Waals surface area contributed by atoms with E-state index in [4.69, 9.17) is 4.74 Å². The van der Waals surface area contributed by atoms with Crippen molar-refractivity contribution in [3.8, 4) is 28.3 Å². The molecule has 0 bridgehead atoms. The van der Waals surface area contributed by atoms with Gasteiger partial charge in [-0.15, -0.1) is 0 Å². The smallest absolute Gasteiger partial charge is 0.253 e. The summed E-state index contributed by atoms with van der Waals surface area (Å²) in [7, 11) is 0. The van der Waals surface area contributed by atoms with E-state index in [1.165, 1.54) is 6.33 Å². The standard InChI is InChI=1S/C27H30N4O3/c1-19-15-21(5-6-26(19)32)25-17-24(28-18-29-25)20-3-2-4-22(16-20)27(33)31-9-7-23(8-10-31)30-11-13-34-14-12-30/h2-6,15-18,23,32H,7-14H2,1H3. The predicted octanol–water partition coefficient (Wildman–Crippen LogP) is 3.76. The molecule has 1 N–H and O–H groups in total. The highest BCUT2D eigenvalue weighted by Crippen LogP contribution is 2.27. The lowest BCUT2D eigenvalue weighted by atomic mass is 10.0. The number of rotatable bonds is 4. The summed E-state index contributed by atoms with van der Waals surface area (Å²) in [5.74, 6) is 0.337. The molecule has 0 spiro atoms. The van der Waals surface area contributed by atoms with Gasteiger partial charge in [0.05, 0.1) is 24.6 Å². The van der Waals surface area contributed by atoms with Crippen LogP contribution in [0.3, 0.4) is 0 Å². The number of hydrogen-bond donors (Lipinski definition) is 1. The van der Waals surface area contributed by atoms with Gasteiger partial charge in [-0.25, -0.2) is 9.97 Å². The molecule has 3 heterocycles. The van der Waals surface area contributed by atoms with Gasteiger partial charge >= 0.3 is 0 Å². The third kappa shape index (κ3) is 4.81. The van der Waals surface area contributed by atoms with Gasteiger partial charge in [-0.05, 0) is 61.7 Å². The Hall–Kier alpha value is -3.29. The van der Waals surface area contributed by atoms with Crippen LogP contribution >= 0.6 is 0 Å². The minimum Gasteiger partial charge on any atom is -0.508 e. The number of carbonyl (C=O) groups is 1. The van der Waals surface area contributed by atoms with E-state index in [0.29, 0.717) is 11.6 Å². The topological polar surface area (TPSA) is 78.8 Å². The molecule has 7 nitrogen and oxygen atoms in total. The molecule has 176 valence electrons. The Kier molecular flexibility index (Phi) is 6.56. The number of nitrogens with zero attached hydrogens (tertiary/aromatic N) is 4. The van der Waals surface area contributed by atoms with Crippen molar-refractivity contribution in [3.05, 3.63) is 66.0 Å². The molecule has 1 aromatic heterocycles. The molecule has 2 fully saturated rings. The zero-order valence-corrected chi connectivity index (χ0v) is 19.5. The fraction of sp³-hybridized carbons (Fsp3) is 0.370. The van der Waals surface area contributed by atoms with Crippen LogP contribution in [0.5, 0.6) is 5.75 Å². The van der Waals surface area contributed by atoms with Crippen molar-refractivity contribution in [2.75, 3.05) is 39.4 Å². The first-order valence-corrected chi connectivity index (χ1v) is 11.9. The first-order valence-electron chi connectivity index (χ1n) is 11.9. The number of aromatic nitrogens is 2. The van der Waals surface area contributed by atoms with E-state index in [2.05, 4.69) is 14.9 Å². The third-order valence-corrected chi connectivity index (χ3v) is 6.88. The lowest BCUT2D eigenvalue weighted by Crippen LogP contribution is -2.50. The number of hydrogen-bond acceptors (Lipinski definition) is 6. The second-order valence-corrected chi connectivity index (χ2v) is 9.04. The average molecular weight is 459 g/mol. The van der Waals surface area contributed by atoms with Crippen LogP contribution in [0.25, 0.3) is 22.5 Å². The maximum absolute atomic E-state index is 13.3. The normalized spacial score (nSPS) is 17.6. The van der Waals surface area contributed by atoms with Gasteiger partial charge in [-0.1, -0.05) is 12.1 Å². The lowest BCUT2D eigenvalue weighted by Gasteiger charge is -2.40. The van der Waals surface area contributed by atoms with Crippen LogP contribution in [-0.2, 0) is 4.74 Å². The zero-order valence-electron chi connectivity index (χ0n) is 19.5. The summed E-state index contributed by atoms with van der Waals surface area (Å²) < 4.78 is 5.47. The van der Waals surface area contributed by atoms with Gasteiger partial charge in [0.2, 0.25) is 0 Å². The van der Waals surface area contributed by atoms with Crippen LogP contribution in [0.15, 0.2) is 54.9 Å². The number of ether oxygens (including phenoxy) is 1. The van der Waals surface area contributed by atoms with E-state index < -0.39 is 0 Å². The van der Waals surface area contributed by atoms with Gasteiger partial charge in [0.15, 0.2) is 0 Å². The molecule has 0 aliphatic carbocycles. The summed E-state index contributed by atoms with van der Waals surface area (Å²) in [5, 5.41) is 9.82. The minimum absolute atomic E-state index is 0.0747. The van der Waals surface area contributed by atoms with Crippen molar-refractivity contribution in [2.45, 2.75) is 25.8 Å². The van der Waals surface area contributed by atoms with E-state index >= 15 is 0 Å². The molecule has 2 saturated heterocycles. The summed E-state index contributed by atoms with van der Waals surface area (Å²) in [6.07, 6.45) is 3.55. The summed E-state index contributed by atoms with van der Waals surface area (Å²) in [4.78, 5) is 26.6. The molecular weight excluding hydrogens is 428 g/mol. The molecule has 2 aliphatic rings. The van der Waals surface area contributed by atoms with Crippen LogP contribution in [0, 0.1) is 6.92 Å². The van der Waals surface area contributed by atoms with Gasteiger partial charge in [-0.2, -0.15) is 0 Å². The Morgan fingerprint density at radius 2 is 1.65 bits per heavy atom. The van der Waals surface area contributed by atoms with Gasteiger partial charge in [-0.3, -0.25) is 9.69 Å². The molecular formula is C27H30N4O3. The zero-order chi connectivity index (χ0) is 23.5. The van der Waals surface area contributed by atoms with Gasteiger partial charge < -0.3 is 14.7 Å². The number of likely N-dealkylation sites (tertiary alicyclic amines) is 1. The van der Waals surface area contributed by atoms with Crippen molar-refractivity contribution in [1.82, 2.24) is 19.8 Å². The van der Waals surface area contributed by atoms with E-state index in [0.717, 1.165) is 80.3 Å². The first-order chi connectivity index (χ1) is 16.6. The molecule has 7 heteroatoms. The van der Waals surface area contributed by atoms with E-state index in [-0.39, 0.29) is 11.7 Å². The van der Waals surface area contributed by atoms with Crippen LogP contribution in [0.1, 0.15) is 28.8 Å². The number of piperidine rings is 1. The van der Waals surface area contributed by atoms with Gasteiger partial charge in [0.1, 0.15) is 12.1 Å². The van der Waals surface area contributed by atoms with E-state index in [9.17, 15) is 9.90 Å². The number of benzene rings is 2. The van der Waals surface area contributed by atoms with E-state index in [1.807, 2.05) is 54.3 Å². The van der Waals surface area contributed by atoms with Crippen molar-refractivity contribution in [1.29, 1.82) is 0 Å². The molecule has 5 rings (SSSR count). The summed E-state index contributed by atoms with van der Waals surface area (Å²) >= 11 is 0. The predicted molar refractivity (Wildman–Crippen MR) is 131 cm³/mol. The van der Waals surface area contributed by atoms with Crippen LogP contribution in [0.4, 0.5) is 0 Å². The van der Waals surface area contributed by atoms with Gasteiger partial charge in [0, 0.05) is 48.9 Å². The Morgan fingerprint density at radius 3 is 2.35 bits per heavy atom. The van der Waals surface area contributed by atoms with Crippen LogP contribution in [-0.4, -0.2) is 76.2 Å². The molecule has 34 heavy (non-hydrogen) atoms. The third-order valence-electron chi connectivity index (χ3n) is 6.88. The quantitative estimate of drug-likeness (QED) is 0.641. The highest BCUT2D eigenvalue weighted by Gasteiger charge is 2.28. The Balaban J connectivity index is 1.30. The van der Waals surface area contributed by atoms with Gasteiger partial charge in [0.25, 0.3) is 5.91 Å². The molecule has 1 amide bonds. The van der Waals surface area contributed by atoms with Crippen molar-refractivity contribution >= 4 is 5.91 Å². The van der Waals surface area contributed by atoms with Crippen LogP contribution in [0.2, 0.25) is 0 Å². The fourth-order valence-corrected chi connectivity index (χ4v) is 4.86. The highest BCUT2D eigenvalue weighted by atomic mass is 16.5. The molecule has 3 aromatic rings. The first kappa shape index (κ1) is 22.5. The van der Waals surface area contributed by atoms with Crippen molar-refractivity contribution in [2.24, 2.45) is 0 Å². The average Bonchev–Trinajstić information content (AvgIpc) is 2.90. The summed E-state index contributed by atoms with van der Waals surface area (Å²) in [6, 6.07) is 15.6. The molecule has 0 unspecified atom stereocenters. The maximum atomic E-state index is 13.3. The largest absolute Gasteiger partial charge is 0.508 e. The molecule has 2 aromatic carbocycles. The fourth-order valence-electron chi connectivity index (χ4n) is 4.86. The SMILES string of the molecule is Cc1cc(-c2cc(-c3cccc(C(=O)N4CCC(N5CCOCC5)CC4)c3)ncn2)ccc1O. The highest BCUT2D eigenvalue weighted by molar-refractivity contribution is 5.95. The Bertz CT molecular complexity index is 1170. The lowest BCUT2D eigenvalue weighted by molar-refractivity contribution is 0.00159. The van der Waals surface area contributed by atoms with Crippen molar-refractivity contribution < 1.29 is 14.6 Å². The second kappa shape index (κ2) is 9.91. The van der Waals surface area contributed by atoms with Crippen molar-refractivity contribution in [3.63, 3.8) is 0 Å². The molecule has 0 saturated carbocycles. The number of aryl methyl sites for hydroxylation is 1. The number of phenolic OH excluding ortho intramolecular Hbond substituents is 1. The number of morpholine rings is 1. The molecule has 0 atom stereocenters. The monoisotopic (exact) mass is 458 g/mol. The molecule has 0 radical (unpaired) electrons. The van der Waals surface area contributed by atoms with Crippen LogP contribution < -0.4 is 0 Å². The Labute approximate surface area is 200 Å².